The number of hydrogen-bond donors (Lipinski definition) is 1. The van der Waals surface area contributed by atoms with Crippen LogP contribution in [0, 0.1) is 18.4 Å². The van der Waals surface area contributed by atoms with E-state index in [1.54, 1.807) is 6.92 Å². The zero-order chi connectivity index (χ0) is 25.0. The molecule has 1 N–H and O–H groups in total. The molecule has 2 rings (SSSR count). The van der Waals surface area contributed by atoms with Crippen molar-refractivity contribution >= 4 is 35.9 Å². The Hall–Kier alpha value is -2.16. The number of nitrogens with zero attached hydrogens (tertiary/aromatic N) is 1. The molecule has 4 atom stereocenters. The molecule has 0 amide bonds. The summed E-state index contributed by atoms with van der Waals surface area (Å²) in [5.74, 6) is 2.08. The topological polar surface area (TPSA) is 117 Å². The Balaban J connectivity index is 2.70. The summed E-state index contributed by atoms with van der Waals surface area (Å²) in [6.07, 6.45) is -0.588. The first-order valence-corrected chi connectivity index (χ1v) is 14.5. The van der Waals surface area contributed by atoms with Crippen LogP contribution in [0.4, 0.5) is 0 Å². The summed E-state index contributed by atoms with van der Waals surface area (Å²) in [6, 6.07) is 2.78. The highest BCUT2D eigenvalue weighted by Gasteiger charge is 2.58. The smallest absolute Gasteiger partial charge is 0.330 e. The van der Waals surface area contributed by atoms with Gasteiger partial charge in [0.1, 0.15) is 19.5 Å². The number of aryl methyl sites for hydroxylation is 1. The number of ether oxygens (including phenoxy) is 3. The first-order valence-electron chi connectivity index (χ1n) is 10.9. The molecule has 1 fully saturated rings. The molecule has 1 aliphatic heterocycles. The number of esters is 2. The standard InChI is InChI=1S/C22H31BrN2O7Si/c1-7-33(8-2,9-3)11-10-22(13-30-15(5)26)18(31-16(6)27)17(23)20(32-22)25-12-14(4)19(28)24-21(25)29/h12,17-18,20H,7-9,13H2,1-6H3,(H,24,28,29)/t17-,18+,20-,22-/m1/s1. The molecule has 9 nitrogen and oxygen atoms in total. The zero-order valence-corrected chi connectivity index (χ0v) is 22.4. The largest absolute Gasteiger partial charge is 0.462 e. The Morgan fingerprint density at radius 1 is 1.21 bits per heavy atom. The van der Waals surface area contributed by atoms with Gasteiger partial charge < -0.3 is 14.2 Å². The highest BCUT2D eigenvalue weighted by atomic mass is 79.9. The number of aromatic nitrogens is 2. The number of aromatic amines is 1. The number of carbonyl (C=O) groups excluding carboxylic acids is 2. The van der Waals surface area contributed by atoms with E-state index in [-0.39, 0.29) is 6.61 Å². The van der Waals surface area contributed by atoms with Gasteiger partial charge in [-0.2, -0.15) is 0 Å². The number of H-pyrrole nitrogens is 1. The van der Waals surface area contributed by atoms with Gasteiger partial charge in [0, 0.05) is 25.6 Å². The van der Waals surface area contributed by atoms with E-state index in [2.05, 4.69) is 53.1 Å². The Bertz CT molecular complexity index is 1060. The van der Waals surface area contributed by atoms with Crippen molar-refractivity contribution in [3.63, 3.8) is 0 Å². The van der Waals surface area contributed by atoms with E-state index in [1.165, 1.54) is 24.6 Å². The van der Waals surface area contributed by atoms with E-state index in [1.807, 2.05) is 0 Å². The van der Waals surface area contributed by atoms with Crippen molar-refractivity contribution in [1.82, 2.24) is 9.55 Å². The van der Waals surface area contributed by atoms with Crippen molar-refractivity contribution in [2.45, 2.75) is 82.4 Å². The average molecular weight is 543 g/mol. The molecule has 0 aromatic carbocycles. The van der Waals surface area contributed by atoms with Gasteiger partial charge >= 0.3 is 17.6 Å². The summed E-state index contributed by atoms with van der Waals surface area (Å²) in [5.41, 5.74) is 1.05. The van der Waals surface area contributed by atoms with Gasteiger partial charge in [0.05, 0.1) is 0 Å². The molecule has 1 aromatic rings. The molecule has 2 heterocycles. The lowest BCUT2D eigenvalue weighted by molar-refractivity contribution is -0.164. The van der Waals surface area contributed by atoms with Crippen molar-refractivity contribution in [3.8, 4) is 11.5 Å². The maximum absolute atomic E-state index is 12.6. The average Bonchev–Trinajstić information content (AvgIpc) is 3.02. The summed E-state index contributed by atoms with van der Waals surface area (Å²) in [5, 5.41) is 0. The van der Waals surface area contributed by atoms with Gasteiger partial charge in [-0.1, -0.05) is 42.6 Å². The van der Waals surface area contributed by atoms with Gasteiger partial charge in [-0.25, -0.2) is 4.79 Å². The van der Waals surface area contributed by atoms with Gasteiger partial charge in [-0.3, -0.25) is 23.9 Å². The Labute approximate surface area is 202 Å². The van der Waals surface area contributed by atoms with Gasteiger partial charge in [-0.15, -0.1) is 5.54 Å². The molecule has 0 bridgehead atoms. The van der Waals surface area contributed by atoms with Crippen molar-refractivity contribution in [2.24, 2.45) is 0 Å². The van der Waals surface area contributed by atoms with Crippen LogP contribution in [0.1, 0.15) is 46.4 Å². The molecule has 1 aliphatic rings. The highest BCUT2D eigenvalue weighted by Crippen LogP contribution is 2.43. The maximum atomic E-state index is 12.6. The van der Waals surface area contributed by atoms with Gasteiger partial charge in [0.15, 0.2) is 12.3 Å². The SMILES string of the molecule is CC[Si](C#C[C@]1(COC(C)=O)O[C@@H](n2cc(C)c(=O)[nH]c2=O)[C@H](Br)[C@@H]1OC(C)=O)(CC)CC. The van der Waals surface area contributed by atoms with E-state index >= 15 is 0 Å². The summed E-state index contributed by atoms with van der Waals surface area (Å²) in [6.45, 7) is 10.1. The summed E-state index contributed by atoms with van der Waals surface area (Å²) in [4.78, 5) is 49.6. The van der Waals surface area contributed by atoms with Crippen LogP contribution < -0.4 is 11.2 Å². The van der Waals surface area contributed by atoms with Crippen LogP contribution in [0.25, 0.3) is 0 Å². The number of halogens is 1. The normalized spacial score (nSPS) is 24.6. The van der Waals surface area contributed by atoms with Gasteiger partial charge in [-0.05, 0) is 25.1 Å². The third-order valence-corrected chi connectivity index (χ3v) is 11.8. The quantitative estimate of drug-likeness (QED) is 0.243. The molecule has 182 valence electrons. The summed E-state index contributed by atoms with van der Waals surface area (Å²) >= 11 is 3.52. The third-order valence-electron chi connectivity index (χ3n) is 6.12. The summed E-state index contributed by atoms with van der Waals surface area (Å²) in [7, 11) is -1.96. The number of rotatable bonds is 7. The minimum atomic E-state index is -1.96. The fraction of sp³-hybridized carbons (Fsp3) is 0.636. The lowest BCUT2D eigenvalue weighted by atomic mass is 9.98. The number of nitrogens with one attached hydrogen (secondary N) is 1. The molecule has 1 saturated heterocycles. The van der Waals surface area contributed by atoms with E-state index in [4.69, 9.17) is 14.2 Å². The van der Waals surface area contributed by atoms with Crippen LogP contribution in [-0.4, -0.2) is 52.7 Å². The third kappa shape index (κ3) is 5.86. The first-order chi connectivity index (χ1) is 15.4. The van der Waals surface area contributed by atoms with Crippen LogP contribution in [0.15, 0.2) is 15.8 Å². The number of hydrogen-bond acceptors (Lipinski definition) is 7. The minimum absolute atomic E-state index is 0.287. The highest BCUT2D eigenvalue weighted by molar-refractivity contribution is 9.09. The maximum Gasteiger partial charge on any atom is 0.330 e. The van der Waals surface area contributed by atoms with Crippen molar-refractivity contribution < 1.29 is 23.8 Å². The summed E-state index contributed by atoms with van der Waals surface area (Å²) < 4.78 is 18.4. The lowest BCUT2D eigenvalue weighted by Gasteiger charge is -2.30. The second-order valence-electron chi connectivity index (χ2n) is 8.22. The van der Waals surface area contributed by atoms with Crippen LogP contribution in [0.3, 0.4) is 0 Å². The molecular weight excluding hydrogens is 512 g/mol. The molecule has 0 spiro atoms. The zero-order valence-electron chi connectivity index (χ0n) is 19.8. The molecular formula is C22H31BrN2O7Si. The van der Waals surface area contributed by atoms with Crippen LogP contribution in [-0.2, 0) is 23.8 Å². The first kappa shape index (κ1) is 27.1. The Kier molecular flexibility index (Phi) is 8.90. The molecule has 0 aliphatic carbocycles. The molecule has 11 heteroatoms. The van der Waals surface area contributed by atoms with Gasteiger partial charge in [0.25, 0.3) is 5.56 Å². The minimum Gasteiger partial charge on any atom is -0.462 e. The van der Waals surface area contributed by atoms with Crippen LogP contribution >= 0.6 is 15.9 Å². The van der Waals surface area contributed by atoms with Crippen LogP contribution in [0.2, 0.25) is 18.1 Å². The van der Waals surface area contributed by atoms with E-state index in [0.29, 0.717) is 5.56 Å². The van der Waals surface area contributed by atoms with E-state index < -0.39 is 54.0 Å². The van der Waals surface area contributed by atoms with Gasteiger partial charge in [0.2, 0.25) is 5.60 Å². The monoisotopic (exact) mass is 542 g/mol. The van der Waals surface area contributed by atoms with Crippen molar-refractivity contribution in [3.05, 3.63) is 32.6 Å². The molecule has 0 unspecified atom stereocenters. The fourth-order valence-corrected chi connectivity index (χ4v) is 7.20. The molecule has 0 radical (unpaired) electrons. The lowest BCUT2D eigenvalue weighted by Crippen LogP contribution is -2.48. The predicted octanol–water partition coefficient (Wildman–Crippen LogP) is 2.42. The van der Waals surface area contributed by atoms with Crippen molar-refractivity contribution in [2.75, 3.05) is 6.61 Å². The Morgan fingerprint density at radius 2 is 1.82 bits per heavy atom. The molecule has 0 saturated carbocycles. The second-order valence-corrected chi connectivity index (χ2v) is 14.2. The number of alkyl halides is 1. The molecule has 1 aromatic heterocycles. The van der Waals surface area contributed by atoms with Crippen LogP contribution in [0.5, 0.6) is 0 Å². The van der Waals surface area contributed by atoms with Crippen molar-refractivity contribution in [1.29, 1.82) is 0 Å². The van der Waals surface area contributed by atoms with E-state index in [9.17, 15) is 19.2 Å². The predicted molar refractivity (Wildman–Crippen MR) is 129 cm³/mol. The van der Waals surface area contributed by atoms with E-state index in [0.717, 1.165) is 18.1 Å². The fourth-order valence-electron chi connectivity index (χ4n) is 3.79. The second kappa shape index (κ2) is 10.8. The number of carbonyl (C=O) groups is 2. The Morgan fingerprint density at radius 3 is 2.33 bits per heavy atom. The molecule has 33 heavy (non-hydrogen) atoms.